The van der Waals surface area contributed by atoms with Crippen LogP contribution in [0.25, 0.3) is 16.9 Å². The number of hydrogen-bond acceptors (Lipinski definition) is 5. The van der Waals surface area contributed by atoms with Gasteiger partial charge < -0.3 is 16.8 Å². The van der Waals surface area contributed by atoms with Crippen molar-refractivity contribution in [3.05, 3.63) is 47.4 Å². The van der Waals surface area contributed by atoms with Crippen molar-refractivity contribution in [3.8, 4) is 11.3 Å². The van der Waals surface area contributed by atoms with Gasteiger partial charge in [0.05, 0.1) is 11.9 Å². The summed E-state index contributed by atoms with van der Waals surface area (Å²) in [6, 6.07) is 7.81. The van der Waals surface area contributed by atoms with Crippen molar-refractivity contribution in [3.63, 3.8) is 0 Å². The fourth-order valence-electron chi connectivity index (χ4n) is 3.36. The number of carbonyl (C=O) groups excluding carboxylic acids is 1. The molecule has 1 aliphatic rings. The van der Waals surface area contributed by atoms with E-state index >= 15 is 0 Å². The number of amides is 1. The quantitative estimate of drug-likeness (QED) is 0.653. The first-order chi connectivity index (χ1) is 12.5. The number of fused-ring (bicyclic) bond motifs is 1. The smallest absolute Gasteiger partial charge is 0.267 e. The lowest BCUT2D eigenvalue weighted by molar-refractivity contribution is 0.0994. The Labute approximate surface area is 155 Å². The van der Waals surface area contributed by atoms with Crippen LogP contribution in [-0.4, -0.2) is 32.4 Å². The number of primary amides is 1. The van der Waals surface area contributed by atoms with Crippen molar-refractivity contribution in [2.24, 2.45) is 11.5 Å². The fourth-order valence-corrected chi connectivity index (χ4v) is 3.49. The van der Waals surface area contributed by atoms with Gasteiger partial charge in [0.1, 0.15) is 5.69 Å². The van der Waals surface area contributed by atoms with Crippen molar-refractivity contribution < 1.29 is 4.79 Å². The van der Waals surface area contributed by atoms with Crippen LogP contribution in [0.1, 0.15) is 29.8 Å². The molecule has 1 fully saturated rings. The maximum atomic E-state index is 11.8. The molecule has 0 radical (unpaired) electrons. The molecular formula is C18H19ClN6O. The van der Waals surface area contributed by atoms with Gasteiger partial charge in [0.25, 0.3) is 5.91 Å². The van der Waals surface area contributed by atoms with Gasteiger partial charge in [-0.05, 0) is 31.4 Å². The molecule has 0 saturated heterocycles. The Hall–Kier alpha value is -2.64. The largest absolute Gasteiger partial charge is 0.364 e. The summed E-state index contributed by atoms with van der Waals surface area (Å²) in [6.45, 7) is 0. The van der Waals surface area contributed by atoms with E-state index in [-0.39, 0.29) is 17.8 Å². The van der Waals surface area contributed by atoms with Crippen LogP contribution in [-0.2, 0) is 0 Å². The van der Waals surface area contributed by atoms with Gasteiger partial charge in [-0.2, -0.15) is 0 Å². The summed E-state index contributed by atoms with van der Waals surface area (Å²) < 4.78 is 1.68. The summed E-state index contributed by atoms with van der Waals surface area (Å²) in [6.07, 6.45) is 6.11. The number of carbonyl (C=O) groups is 1. The van der Waals surface area contributed by atoms with E-state index in [9.17, 15) is 4.79 Å². The Morgan fingerprint density at radius 2 is 2.04 bits per heavy atom. The highest BCUT2D eigenvalue weighted by Crippen LogP contribution is 2.27. The highest BCUT2D eigenvalue weighted by molar-refractivity contribution is 6.30. The summed E-state index contributed by atoms with van der Waals surface area (Å²) in [5.41, 5.74) is 13.9. The van der Waals surface area contributed by atoms with Crippen LogP contribution in [0.3, 0.4) is 0 Å². The standard InChI is InChI=1S/C18H19ClN6O/c19-11-3-1-10(2-4-11)14-9-25-15(16(21)26)8-22-17(18(25)24-14)23-13-6-5-12(20)7-13/h1-4,8-9,12-13H,5-7,20H2,(H2,21,26)(H,22,23). The van der Waals surface area contributed by atoms with E-state index in [1.54, 1.807) is 22.7 Å². The van der Waals surface area contributed by atoms with Gasteiger partial charge in [-0.1, -0.05) is 23.7 Å². The monoisotopic (exact) mass is 370 g/mol. The number of benzene rings is 1. The SMILES string of the molecule is NC(=O)c1cnc(NC2CCC(N)C2)c2nc(-c3ccc(Cl)cc3)cn12. The topological polar surface area (TPSA) is 111 Å². The highest BCUT2D eigenvalue weighted by Gasteiger charge is 2.24. The number of aromatic nitrogens is 3. The van der Waals surface area contributed by atoms with Crippen LogP contribution in [0, 0.1) is 0 Å². The van der Waals surface area contributed by atoms with Crippen molar-refractivity contribution >= 4 is 29.0 Å². The van der Waals surface area contributed by atoms with E-state index in [1.807, 2.05) is 12.1 Å². The summed E-state index contributed by atoms with van der Waals surface area (Å²) in [5.74, 6) is 0.0614. The summed E-state index contributed by atoms with van der Waals surface area (Å²) >= 11 is 5.96. The van der Waals surface area contributed by atoms with E-state index in [0.717, 1.165) is 24.8 Å². The molecule has 4 rings (SSSR count). The van der Waals surface area contributed by atoms with Crippen molar-refractivity contribution in [2.45, 2.75) is 31.3 Å². The maximum absolute atomic E-state index is 11.8. The lowest BCUT2D eigenvalue weighted by Gasteiger charge is -2.14. The second-order valence-corrected chi connectivity index (χ2v) is 7.03. The molecule has 134 valence electrons. The number of nitrogens with zero attached hydrogens (tertiary/aromatic N) is 3. The Morgan fingerprint density at radius 3 is 2.69 bits per heavy atom. The minimum absolute atomic E-state index is 0.206. The molecule has 2 atom stereocenters. The molecule has 1 saturated carbocycles. The van der Waals surface area contributed by atoms with Gasteiger partial charge in [-0.25, -0.2) is 9.97 Å². The van der Waals surface area contributed by atoms with Crippen LogP contribution in [0.5, 0.6) is 0 Å². The molecular weight excluding hydrogens is 352 g/mol. The molecule has 2 heterocycles. The number of halogens is 1. The predicted molar refractivity (Wildman–Crippen MR) is 101 cm³/mol. The van der Waals surface area contributed by atoms with Crippen molar-refractivity contribution in [1.29, 1.82) is 0 Å². The molecule has 0 aliphatic heterocycles. The summed E-state index contributed by atoms with van der Waals surface area (Å²) in [7, 11) is 0. The Balaban J connectivity index is 1.79. The predicted octanol–water partition coefficient (Wildman–Crippen LogP) is 2.44. The zero-order chi connectivity index (χ0) is 18.3. The lowest BCUT2D eigenvalue weighted by Crippen LogP contribution is -2.22. The molecule has 5 N–H and O–H groups in total. The molecule has 1 aliphatic carbocycles. The van der Waals surface area contributed by atoms with Gasteiger partial charge in [-0.3, -0.25) is 9.20 Å². The van der Waals surface area contributed by atoms with Crippen LogP contribution in [0.4, 0.5) is 5.82 Å². The zero-order valence-electron chi connectivity index (χ0n) is 14.0. The van der Waals surface area contributed by atoms with E-state index in [1.165, 1.54) is 6.20 Å². The normalized spacial score (nSPS) is 19.8. The van der Waals surface area contributed by atoms with Crippen molar-refractivity contribution in [2.75, 3.05) is 5.32 Å². The van der Waals surface area contributed by atoms with Crippen molar-refractivity contribution in [1.82, 2.24) is 14.4 Å². The van der Waals surface area contributed by atoms with E-state index in [2.05, 4.69) is 15.3 Å². The Bertz CT molecular complexity index is 968. The van der Waals surface area contributed by atoms with Crippen LogP contribution >= 0.6 is 11.6 Å². The number of imidazole rings is 1. The van der Waals surface area contributed by atoms with E-state index < -0.39 is 5.91 Å². The number of anilines is 1. The molecule has 7 nitrogen and oxygen atoms in total. The Morgan fingerprint density at radius 1 is 1.27 bits per heavy atom. The molecule has 2 unspecified atom stereocenters. The number of nitrogens with two attached hydrogens (primary N) is 2. The number of nitrogens with one attached hydrogen (secondary N) is 1. The first-order valence-corrected chi connectivity index (χ1v) is 8.85. The third-order valence-electron chi connectivity index (χ3n) is 4.70. The van der Waals surface area contributed by atoms with E-state index in [0.29, 0.717) is 22.2 Å². The third kappa shape index (κ3) is 3.11. The molecule has 0 bridgehead atoms. The van der Waals surface area contributed by atoms with Crippen LogP contribution < -0.4 is 16.8 Å². The minimum Gasteiger partial charge on any atom is -0.364 e. The lowest BCUT2D eigenvalue weighted by atomic mass is 10.2. The zero-order valence-corrected chi connectivity index (χ0v) is 14.8. The minimum atomic E-state index is -0.558. The highest BCUT2D eigenvalue weighted by atomic mass is 35.5. The average Bonchev–Trinajstić information content (AvgIpc) is 3.22. The second kappa shape index (κ2) is 6.59. The first-order valence-electron chi connectivity index (χ1n) is 8.47. The Kier molecular flexibility index (Phi) is 4.26. The second-order valence-electron chi connectivity index (χ2n) is 6.60. The summed E-state index contributed by atoms with van der Waals surface area (Å²) in [4.78, 5) is 20.8. The van der Waals surface area contributed by atoms with Gasteiger partial charge in [0.2, 0.25) is 0 Å². The number of rotatable bonds is 4. The van der Waals surface area contributed by atoms with Crippen LogP contribution in [0.15, 0.2) is 36.7 Å². The van der Waals surface area contributed by atoms with Gasteiger partial charge in [-0.15, -0.1) is 0 Å². The van der Waals surface area contributed by atoms with Gasteiger partial charge in [0, 0.05) is 28.9 Å². The average molecular weight is 371 g/mol. The molecule has 1 amide bonds. The molecule has 0 spiro atoms. The molecule has 26 heavy (non-hydrogen) atoms. The summed E-state index contributed by atoms with van der Waals surface area (Å²) in [5, 5.41) is 4.06. The first kappa shape index (κ1) is 16.8. The fraction of sp³-hybridized carbons (Fsp3) is 0.278. The molecule has 8 heteroatoms. The molecule has 1 aromatic carbocycles. The third-order valence-corrected chi connectivity index (χ3v) is 4.95. The molecule has 3 aromatic rings. The molecule has 2 aromatic heterocycles. The van der Waals surface area contributed by atoms with Gasteiger partial charge in [0.15, 0.2) is 11.5 Å². The number of hydrogen-bond donors (Lipinski definition) is 3. The van der Waals surface area contributed by atoms with Gasteiger partial charge >= 0.3 is 0 Å². The van der Waals surface area contributed by atoms with E-state index in [4.69, 9.17) is 23.1 Å². The van der Waals surface area contributed by atoms with Crippen LogP contribution in [0.2, 0.25) is 5.02 Å². The maximum Gasteiger partial charge on any atom is 0.267 e.